The fourth-order valence-corrected chi connectivity index (χ4v) is 7.89. The summed E-state index contributed by atoms with van der Waals surface area (Å²) in [7, 11) is 0. The molecular formula is C52H35NO. The molecule has 0 aliphatic heterocycles. The smallest absolute Gasteiger partial charge is 0.136 e. The maximum absolute atomic E-state index is 6.45. The van der Waals surface area contributed by atoms with Crippen LogP contribution in [0.4, 0.5) is 17.1 Å². The molecular weight excluding hydrogens is 655 g/mol. The van der Waals surface area contributed by atoms with E-state index in [1.54, 1.807) is 0 Å². The molecule has 0 saturated carbocycles. The summed E-state index contributed by atoms with van der Waals surface area (Å²) in [6.07, 6.45) is 0. The van der Waals surface area contributed by atoms with E-state index in [1.165, 1.54) is 55.3 Å². The normalized spacial score (nSPS) is 11.3. The van der Waals surface area contributed by atoms with Gasteiger partial charge in [-0.3, -0.25) is 0 Å². The van der Waals surface area contributed by atoms with Crippen molar-refractivity contribution >= 4 is 49.8 Å². The van der Waals surface area contributed by atoms with Gasteiger partial charge in [0.2, 0.25) is 0 Å². The van der Waals surface area contributed by atoms with Crippen LogP contribution in [0.25, 0.3) is 77.2 Å². The van der Waals surface area contributed by atoms with Crippen LogP contribution < -0.4 is 4.90 Å². The standard InChI is InChI=1S/C52H35NO/c1-4-12-36(13-5-1)38-22-28-42(29-23-38)53(43-30-24-39(25-31-43)37-14-6-2-7-15-37)44-32-26-41(27-33-44)45-18-10-20-48-47(45)34-35-50-52(48)51-46(19-11-21-49(51)54-50)40-16-8-3-9-17-40/h1-35H. The lowest BCUT2D eigenvalue weighted by Crippen LogP contribution is -2.09. The van der Waals surface area contributed by atoms with Gasteiger partial charge in [-0.25, -0.2) is 0 Å². The summed E-state index contributed by atoms with van der Waals surface area (Å²) in [5, 5.41) is 4.71. The number of hydrogen-bond acceptors (Lipinski definition) is 2. The second-order valence-corrected chi connectivity index (χ2v) is 13.7. The molecule has 0 N–H and O–H groups in total. The molecule has 10 rings (SSSR count). The van der Waals surface area contributed by atoms with Gasteiger partial charge in [0.15, 0.2) is 0 Å². The second kappa shape index (κ2) is 13.4. The van der Waals surface area contributed by atoms with Crippen LogP contribution in [0, 0.1) is 0 Å². The van der Waals surface area contributed by atoms with Crippen molar-refractivity contribution in [3.63, 3.8) is 0 Å². The van der Waals surface area contributed by atoms with Crippen molar-refractivity contribution in [2.45, 2.75) is 0 Å². The number of benzene rings is 9. The van der Waals surface area contributed by atoms with Gasteiger partial charge in [0.1, 0.15) is 11.2 Å². The van der Waals surface area contributed by atoms with Gasteiger partial charge in [-0.2, -0.15) is 0 Å². The summed E-state index contributed by atoms with van der Waals surface area (Å²) in [4.78, 5) is 2.34. The second-order valence-electron chi connectivity index (χ2n) is 13.7. The predicted molar refractivity (Wildman–Crippen MR) is 228 cm³/mol. The summed E-state index contributed by atoms with van der Waals surface area (Å²) in [5.74, 6) is 0. The molecule has 0 spiro atoms. The van der Waals surface area contributed by atoms with E-state index in [4.69, 9.17) is 4.42 Å². The van der Waals surface area contributed by atoms with Gasteiger partial charge in [-0.05, 0) is 104 Å². The molecule has 0 fully saturated rings. The van der Waals surface area contributed by atoms with Crippen LogP contribution in [0.5, 0.6) is 0 Å². The van der Waals surface area contributed by atoms with E-state index in [-0.39, 0.29) is 0 Å². The van der Waals surface area contributed by atoms with Crippen molar-refractivity contribution in [1.82, 2.24) is 0 Å². The highest BCUT2D eigenvalue weighted by atomic mass is 16.3. The van der Waals surface area contributed by atoms with Crippen LogP contribution in [0.3, 0.4) is 0 Å². The Kier molecular flexibility index (Phi) is 7.85. The van der Waals surface area contributed by atoms with Crippen LogP contribution in [0.2, 0.25) is 0 Å². The van der Waals surface area contributed by atoms with E-state index in [0.717, 1.165) is 39.0 Å². The molecule has 0 atom stereocenters. The van der Waals surface area contributed by atoms with Crippen molar-refractivity contribution in [3.05, 3.63) is 212 Å². The zero-order valence-corrected chi connectivity index (χ0v) is 29.6. The van der Waals surface area contributed by atoms with Gasteiger partial charge >= 0.3 is 0 Å². The zero-order valence-electron chi connectivity index (χ0n) is 29.6. The van der Waals surface area contributed by atoms with Gasteiger partial charge in [-0.1, -0.05) is 164 Å². The summed E-state index contributed by atoms with van der Waals surface area (Å²) < 4.78 is 6.45. The van der Waals surface area contributed by atoms with Crippen molar-refractivity contribution in [1.29, 1.82) is 0 Å². The summed E-state index contributed by atoms with van der Waals surface area (Å²) in [5.41, 5.74) is 14.6. The fourth-order valence-electron chi connectivity index (χ4n) is 7.89. The Balaban J connectivity index is 1.07. The highest BCUT2D eigenvalue weighted by Gasteiger charge is 2.18. The molecule has 0 saturated heterocycles. The minimum Gasteiger partial charge on any atom is -0.456 e. The molecule has 0 radical (unpaired) electrons. The van der Waals surface area contributed by atoms with Gasteiger partial charge in [-0.15, -0.1) is 0 Å². The Morgan fingerprint density at radius 1 is 0.259 bits per heavy atom. The lowest BCUT2D eigenvalue weighted by Gasteiger charge is -2.26. The zero-order chi connectivity index (χ0) is 35.8. The van der Waals surface area contributed by atoms with Crippen molar-refractivity contribution < 1.29 is 4.42 Å². The van der Waals surface area contributed by atoms with E-state index < -0.39 is 0 Å². The first-order chi connectivity index (χ1) is 26.8. The average molecular weight is 690 g/mol. The third-order valence-corrected chi connectivity index (χ3v) is 10.5. The van der Waals surface area contributed by atoms with Gasteiger partial charge < -0.3 is 9.32 Å². The molecule has 2 nitrogen and oxygen atoms in total. The minimum atomic E-state index is 0.903. The van der Waals surface area contributed by atoms with Crippen molar-refractivity contribution in [2.75, 3.05) is 4.90 Å². The number of hydrogen-bond donors (Lipinski definition) is 0. The first-order valence-corrected chi connectivity index (χ1v) is 18.4. The number of furan rings is 1. The van der Waals surface area contributed by atoms with E-state index in [1.807, 2.05) is 0 Å². The Morgan fingerprint density at radius 2 is 0.685 bits per heavy atom. The average Bonchev–Trinajstić information content (AvgIpc) is 3.65. The molecule has 0 aliphatic rings. The lowest BCUT2D eigenvalue weighted by molar-refractivity contribution is 0.669. The monoisotopic (exact) mass is 689 g/mol. The fraction of sp³-hybridized carbons (Fsp3) is 0. The number of nitrogens with zero attached hydrogens (tertiary/aromatic N) is 1. The molecule has 0 bridgehead atoms. The first-order valence-electron chi connectivity index (χ1n) is 18.4. The van der Waals surface area contributed by atoms with Crippen molar-refractivity contribution in [3.8, 4) is 44.5 Å². The topological polar surface area (TPSA) is 16.4 Å². The summed E-state index contributed by atoms with van der Waals surface area (Å²) in [6.45, 7) is 0. The van der Waals surface area contributed by atoms with Gasteiger partial charge in [0.25, 0.3) is 0 Å². The molecule has 54 heavy (non-hydrogen) atoms. The SMILES string of the molecule is c1ccc(-c2ccc(N(c3ccc(-c4ccccc4)cc3)c3ccc(-c4cccc5c4ccc4oc6cccc(-c7ccccc7)c6c45)cc3)cc2)cc1. The maximum atomic E-state index is 6.45. The molecule has 2 heteroatoms. The third-order valence-electron chi connectivity index (χ3n) is 10.5. The highest BCUT2D eigenvalue weighted by molar-refractivity contribution is 6.24. The van der Waals surface area contributed by atoms with Gasteiger partial charge in [0.05, 0.1) is 0 Å². The quantitative estimate of drug-likeness (QED) is 0.166. The molecule has 0 amide bonds. The number of anilines is 3. The number of rotatable bonds is 7. The van der Waals surface area contributed by atoms with E-state index >= 15 is 0 Å². The van der Waals surface area contributed by atoms with Crippen LogP contribution in [-0.2, 0) is 0 Å². The largest absolute Gasteiger partial charge is 0.456 e. The molecule has 10 aromatic rings. The third kappa shape index (κ3) is 5.62. The van der Waals surface area contributed by atoms with E-state index in [2.05, 4.69) is 217 Å². The molecule has 1 heterocycles. The van der Waals surface area contributed by atoms with E-state index in [0.29, 0.717) is 0 Å². The van der Waals surface area contributed by atoms with Crippen LogP contribution in [0.1, 0.15) is 0 Å². The first kappa shape index (κ1) is 31.6. The van der Waals surface area contributed by atoms with Crippen molar-refractivity contribution in [2.24, 2.45) is 0 Å². The Hall–Kier alpha value is -7.16. The molecule has 0 aliphatic carbocycles. The minimum absolute atomic E-state index is 0.903. The Bertz CT molecular complexity index is 2790. The predicted octanol–water partition coefficient (Wildman–Crippen LogP) is 14.9. The highest BCUT2D eigenvalue weighted by Crippen LogP contribution is 2.43. The molecule has 1 aromatic heterocycles. The molecule has 254 valence electrons. The van der Waals surface area contributed by atoms with E-state index in [9.17, 15) is 0 Å². The Labute approximate surface area is 314 Å². The number of fused-ring (bicyclic) bond motifs is 5. The Morgan fingerprint density at radius 3 is 1.24 bits per heavy atom. The summed E-state index contributed by atoms with van der Waals surface area (Å²) >= 11 is 0. The van der Waals surface area contributed by atoms with Crippen LogP contribution in [-0.4, -0.2) is 0 Å². The van der Waals surface area contributed by atoms with Crippen LogP contribution in [0.15, 0.2) is 217 Å². The lowest BCUT2D eigenvalue weighted by atomic mass is 9.93. The molecule has 9 aromatic carbocycles. The summed E-state index contributed by atoms with van der Waals surface area (Å²) in [6, 6.07) is 75.7. The molecule has 0 unspecified atom stereocenters. The maximum Gasteiger partial charge on any atom is 0.136 e. The van der Waals surface area contributed by atoms with Crippen LogP contribution >= 0.6 is 0 Å². The van der Waals surface area contributed by atoms with Gasteiger partial charge in [0, 0.05) is 27.8 Å².